The van der Waals surface area contributed by atoms with Crippen molar-refractivity contribution in [2.45, 2.75) is 32.4 Å². The number of nitrogens with zero attached hydrogens (tertiary/aromatic N) is 1. The van der Waals surface area contributed by atoms with Gasteiger partial charge in [0.2, 0.25) is 0 Å². The second-order valence-corrected chi connectivity index (χ2v) is 5.22. The van der Waals surface area contributed by atoms with E-state index in [4.69, 9.17) is 9.84 Å². The van der Waals surface area contributed by atoms with Crippen molar-refractivity contribution in [3.05, 3.63) is 23.0 Å². The van der Waals surface area contributed by atoms with Gasteiger partial charge in [0, 0.05) is 37.1 Å². The van der Waals surface area contributed by atoms with Crippen molar-refractivity contribution in [3.63, 3.8) is 0 Å². The molecule has 0 amide bonds. The van der Waals surface area contributed by atoms with Crippen molar-refractivity contribution in [2.24, 2.45) is 7.05 Å². The number of hydrogen-bond donors (Lipinski definition) is 2. The predicted molar refractivity (Wildman–Crippen MR) is 67.8 cm³/mol. The first-order valence-electron chi connectivity index (χ1n) is 6.14. The smallest absolute Gasteiger partial charge is 0.337 e. The van der Waals surface area contributed by atoms with Crippen molar-refractivity contribution >= 4 is 5.97 Å². The van der Waals surface area contributed by atoms with Crippen LogP contribution in [-0.2, 0) is 18.3 Å². The molecule has 0 aliphatic carbocycles. The van der Waals surface area contributed by atoms with E-state index in [0.29, 0.717) is 18.7 Å². The largest absolute Gasteiger partial charge is 0.478 e. The molecule has 1 fully saturated rings. The van der Waals surface area contributed by atoms with E-state index in [9.17, 15) is 4.79 Å². The quantitative estimate of drug-likeness (QED) is 0.848. The molecule has 100 valence electrons. The summed E-state index contributed by atoms with van der Waals surface area (Å²) in [7, 11) is 1.90. The van der Waals surface area contributed by atoms with Gasteiger partial charge in [-0.3, -0.25) is 0 Å². The predicted octanol–water partition coefficient (Wildman–Crippen LogP) is 1.30. The molecule has 2 rings (SSSR count). The number of rotatable bonds is 4. The van der Waals surface area contributed by atoms with Crippen LogP contribution in [0.2, 0.25) is 0 Å². The highest BCUT2D eigenvalue weighted by Gasteiger charge is 2.29. The number of carboxylic acids is 1. The Labute approximate surface area is 107 Å². The molecule has 18 heavy (non-hydrogen) atoms. The zero-order valence-corrected chi connectivity index (χ0v) is 11.1. The Balaban J connectivity index is 2.10. The first-order chi connectivity index (χ1) is 8.43. The van der Waals surface area contributed by atoms with Gasteiger partial charge in [-0.1, -0.05) is 0 Å². The number of nitrogens with one attached hydrogen (secondary N) is 1. The van der Waals surface area contributed by atoms with Crippen LogP contribution in [0.4, 0.5) is 0 Å². The van der Waals surface area contributed by atoms with Crippen LogP contribution < -0.4 is 5.32 Å². The lowest BCUT2D eigenvalue weighted by molar-refractivity contribution is 0.0696. The molecule has 0 spiro atoms. The van der Waals surface area contributed by atoms with E-state index in [2.05, 4.69) is 12.2 Å². The van der Waals surface area contributed by atoms with Gasteiger partial charge in [0.1, 0.15) is 0 Å². The van der Waals surface area contributed by atoms with Gasteiger partial charge in [-0.25, -0.2) is 4.79 Å². The van der Waals surface area contributed by atoms with Gasteiger partial charge in [-0.2, -0.15) is 0 Å². The number of carboxylic acid groups (broad SMARTS) is 1. The summed E-state index contributed by atoms with van der Waals surface area (Å²) in [5, 5.41) is 12.5. The number of aromatic nitrogens is 1. The zero-order valence-electron chi connectivity index (χ0n) is 11.1. The minimum Gasteiger partial charge on any atom is -0.478 e. The molecule has 1 aliphatic rings. The fourth-order valence-corrected chi connectivity index (χ4v) is 2.26. The topological polar surface area (TPSA) is 63.5 Å². The molecular formula is C13H20N2O3. The third-order valence-electron chi connectivity index (χ3n) is 3.78. The summed E-state index contributed by atoms with van der Waals surface area (Å²) < 4.78 is 7.31. The van der Waals surface area contributed by atoms with E-state index in [0.717, 1.165) is 24.4 Å². The standard InChI is InChI=1S/C13H20N2O3/c1-9-11(12(16)17)6-10(15(9)3)7-14-13(2)4-5-18-8-13/h6,14H,4-5,7-8H2,1-3H3,(H,16,17). The lowest BCUT2D eigenvalue weighted by Crippen LogP contribution is -2.42. The number of hydrogen-bond acceptors (Lipinski definition) is 3. The van der Waals surface area contributed by atoms with Crippen molar-refractivity contribution in [3.8, 4) is 0 Å². The first-order valence-corrected chi connectivity index (χ1v) is 6.14. The third-order valence-corrected chi connectivity index (χ3v) is 3.78. The lowest BCUT2D eigenvalue weighted by atomic mass is 10.0. The average molecular weight is 252 g/mol. The molecule has 2 N–H and O–H groups in total. The average Bonchev–Trinajstić information content (AvgIpc) is 2.85. The van der Waals surface area contributed by atoms with Gasteiger partial charge < -0.3 is 19.7 Å². The molecule has 0 aromatic carbocycles. The van der Waals surface area contributed by atoms with E-state index in [-0.39, 0.29) is 5.54 Å². The summed E-state index contributed by atoms with van der Waals surface area (Å²) in [5.41, 5.74) is 2.15. The SMILES string of the molecule is Cc1c(C(=O)O)cc(CNC2(C)CCOC2)n1C. The summed E-state index contributed by atoms with van der Waals surface area (Å²) in [6.07, 6.45) is 0.988. The molecule has 5 nitrogen and oxygen atoms in total. The second kappa shape index (κ2) is 4.74. The molecular weight excluding hydrogens is 232 g/mol. The van der Waals surface area contributed by atoms with Crippen LogP contribution in [0.1, 0.15) is 35.1 Å². The fourth-order valence-electron chi connectivity index (χ4n) is 2.26. The van der Waals surface area contributed by atoms with E-state index in [1.807, 2.05) is 18.5 Å². The van der Waals surface area contributed by atoms with Gasteiger partial charge in [0.05, 0.1) is 12.2 Å². The molecule has 1 aromatic heterocycles. The Morgan fingerprint density at radius 2 is 2.39 bits per heavy atom. The second-order valence-electron chi connectivity index (χ2n) is 5.22. The highest BCUT2D eigenvalue weighted by molar-refractivity contribution is 5.89. The summed E-state index contributed by atoms with van der Waals surface area (Å²) in [6, 6.07) is 1.74. The normalized spacial score (nSPS) is 23.5. The van der Waals surface area contributed by atoms with E-state index in [1.54, 1.807) is 6.07 Å². The molecule has 1 aromatic rings. The van der Waals surface area contributed by atoms with Gasteiger partial charge in [0.25, 0.3) is 0 Å². The Morgan fingerprint density at radius 3 is 2.89 bits per heavy atom. The van der Waals surface area contributed by atoms with Gasteiger partial charge in [0.15, 0.2) is 0 Å². The Kier molecular flexibility index (Phi) is 3.45. The van der Waals surface area contributed by atoms with Crippen LogP contribution in [-0.4, -0.2) is 34.4 Å². The Morgan fingerprint density at radius 1 is 1.67 bits per heavy atom. The van der Waals surface area contributed by atoms with Gasteiger partial charge in [-0.15, -0.1) is 0 Å². The first kappa shape index (κ1) is 13.1. The molecule has 1 saturated heterocycles. The highest BCUT2D eigenvalue weighted by Crippen LogP contribution is 2.19. The molecule has 2 heterocycles. The maximum absolute atomic E-state index is 11.1. The van der Waals surface area contributed by atoms with E-state index in [1.165, 1.54) is 0 Å². The maximum Gasteiger partial charge on any atom is 0.337 e. The van der Waals surface area contributed by atoms with Crippen molar-refractivity contribution < 1.29 is 14.6 Å². The Bertz CT molecular complexity index is 459. The van der Waals surface area contributed by atoms with Crippen LogP contribution in [0.3, 0.4) is 0 Å². The molecule has 1 aliphatic heterocycles. The van der Waals surface area contributed by atoms with Crippen molar-refractivity contribution in [2.75, 3.05) is 13.2 Å². The highest BCUT2D eigenvalue weighted by atomic mass is 16.5. The number of aromatic carboxylic acids is 1. The molecule has 0 bridgehead atoms. The molecule has 1 unspecified atom stereocenters. The number of ether oxygens (including phenoxy) is 1. The van der Waals surface area contributed by atoms with Crippen molar-refractivity contribution in [1.82, 2.24) is 9.88 Å². The van der Waals surface area contributed by atoms with Crippen LogP contribution in [0.25, 0.3) is 0 Å². The Hall–Kier alpha value is -1.33. The minimum absolute atomic E-state index is 0.00155. The maximum atomic E-state index is 11.1. The van der Waals surface area contributed by atoms with Crippen LogP contribution in [0, 0.1) is 6.92 Å². The van der Waals surface area contributed by atoms with Crippen LogP contribution in [0.5, 0.6) is 0 Å². The summed E-state index contributed by atoms with van der Waals surface area (Å²) in [6.45, 7) is 6.12. The lowest BCUT2D eigenvalue weighted by Gasteiger charge is -2.23. The molecule has 5 heteroatoms. The van der Waals surface area contributed by atoms with Crippen LogP contribution in [0.15, 0.2) is 6.07 Å². The number of carbonyl (C=O) groups is 1. The fraction of sp³-hybridized carbons (Fsp3) is 0.615. The van der Waals surface area contributed by atoms with Crippen LogP contribution >= 0.6 is 0 Å². The monoisotopic (exact) mass is 252 g/mol. The van der Waals surface area contributed by atoms with Gasteiger partial charge in [-0.05, 0) is 26.3 Å². The van der Waals surface area contributed by atoms with Crippen molar-refractivity contribution in [1.29, 1.82) is 0 Å². The summed E-state index contributed by atoms with van der Waals surface area (Å²) >= 11 is 0. The van der Waals surface area contributed by atoms with Gasteiger partial charge >= 0.3 is 5.97 Å². The molecule has 0 saturated carbocycles. The minimum atomic E-state index is -0.871. The summed E-state index contributed by atoms with van der Waals surface area (Å²) in [4.78, 5) is 11.1. The molecule has 0 radical (unpaired) electrons. The van der Waals surface area contributed by atoms with E-state index < -0.39 is 5.97 Å². The molecule has 1 atom stereocenters. The van der Waals surface area contributed by atoms with E-state index >= 15 is 0 Å². The third kappa shape index (κ3) is 2.42. The summed E-state index contributed by atoms with van der Waals surface area (Å²) in [5.74, 6) is -0.871. The zero-order chi connectivity index (χ0) is 13.3.